The Morgan fingerprint density at radius 3 is 2.85 bits per heavy atom. The quantitative estimate of drug-likeness (QED) is 0.690. The monoisotopic (exact) mass is 302 g/mol. The maximum Gasteiger partial charge on any atom is 0.243 e. The van der Waals surface area contributed by atoms with Crippen LogP contribution in [0.4, 0.5) is 0 Å². The Hall–Kier alpha value is -0.750. The van der Waals surface area contributed by atoms with E-state index < -0.39 is 0 Å². The molecule has 0 spiro atoms. The molecule has 2 amide bonds. The van der Waals surface area contributed by atoms with Crippen molar-refractivity contribution in [3.8, 4) is 0 Å². The lowest BCUT2D eigenvalue weighted by molar-refractivity contribution is -0.140. The van der Waals surface area contributed by atoms with Crippen molar-refractivity contribution < 1.29 is 14.3 Å². The highest BCUT2D eigenvalue weighted by atomic mass is 32.2. The molecule has 5 nitrogen and oxygen atoms in total. The Balaban J connectivity index is 2.40. The lowest BCUT2D eigenvalue weighted by atomic mass is 10.1. The van der Waals surface area contributed by atoms with Gasteiger partial charge >= 0.3 is 0 Å². The molecule has 20 heavy (non-hydrogen) atoms. The first kappa shape index (κ1) is 17.3. The molecule has 0 aromatic rings. The van der Waals surface area contributed by atoms with Gasteiger partial charge in [0.2, 0.25) is 11.8 Å². The second-order valence-electron chi connectivity index (χ2n) is 4.97. The molecule has 0 aromatic carbocycles. The van der Waals surface area contributed by atoms with Gasteiger partial charge in [0.1, 0.15) is 6.04 Å². The molecule has 1 aliphatic rings. The smallest absolute Gasteiger partial charge is 0.243 e. The summed E-state index contributed by atoms with van der Waals surface area (Å²) in [7, 11) is 0. The summed E-state index contributed by atoms with van der Waals surface area (Å²) in [6.07, 6.45) is 1.61. The molecule has 1 saturated heterocycles. The number of thioether (sulfide) groups is 1. The van der Waals surface area contributed by atoms with E-state index in [0.717, 1.165) is 12.8 Å². The lowest BCUT2D eigenvalue weighted by Crippen LogP contribution is -2.48. The minimum absolute atomic E-state index is 0.0121. The number of nitrogens with zero attached hydrogens (tertiary/aromatic N) is 1. The van der Waals surface area contributed by atoms with E-state index in [1.54, 1.807) is 16.7 Å². The van der Waals surface area contributed by atoms with Gasteiger partial charge in [-0.2, -0.15) is 0 Å². The molecule has 116 valence electrons. The van der Waals surface area contributed by atoms with Crippen LogP contribution in [0, 0.1) is 5.92 Å². The highest BCUT2D eigenvalue weighted by Crippen LogP contribution is 2.23. The average molecular weight is 302 g/mol. The van der Waals surface area contributed by atoms with Crippen LogP contribution >= 0.6 is 11.8 Å². The molecular formula is C14H26N2O3S. The predicted molar refractivity (Wildman–Crippen MR) is 81.5 cm³/mol. The highest BCUT2D eigenvalue weighted by Gasteiger charge is 2.35. The molecule has 2 unspecified atom stereocenters. The molecule has 1 aliphatic heterocycles. The normalized spacial score (nSPS) is 19.9. The second-order valence-corrected chi connectivity index (χ2v) is 5.97. The van der Waals surface area contributed by atoms with Gasteiger partial charge in [0.05, 0.1) is 5.88 Å². The molecule has 1 N–H and O–H groups in total. The number of nitrogens with one attached hydrogen (secondary N) is 1. The van der Waals surface area contributed by atoms with Gasteiger partial charge in [-0.1, -0.05) is 13.8 Å². The first-order chi connectivity index (χ1) is 9.61. The third kappa shape index (κ3) is 4.98. The summed E-state index contributed by atoms with van der Waals surface area (Å²) in [5.74, 6) is 1.36. The molecule has 1 fully saturated rings. The van der Waals surface area contributed by atoms with Crippen LogP contribution in [0.3, 0.4) is 0 Å². The zero-order valence-corrected chi connectivity index (χ0v) is 13.5. The van der Waals surface area contributed by atoms with Crippen molar-refractivity contribution in [1.82, 2.24) is 10.2 Å². The zero-order chi connectivity index (χ0) is 15.0. The third-order valence-corrected chi connectivity index (χ3v) is 4.48. The lowest BCUT2D eigenvalue weighted by Gasteiger charge is -2.25. The van der Waals surface area contributed by atoms with Crippen molar-refractivity contribution in [1.29, 1.82) is 0 Å². The van der Waals surface area contributed by atoms with Crippen LogP contribution < -0.4 is 5.32 Å². The zero-order valence-electron chi connectivity index (χ0n) is 12.7. The van der Waals surface area contributed by atoms with E-state index >= 15 is 0 Å². The average Bonchev–Trinajstić information content (AvgIpc) is 2.94. The van der Waals surface area contributed by atoms with E-state index in [0.29, 0.717) is 31.4 Å². The number of carbonyl (C=O) groups excluding carboxylic acids is 2. The van der Waals surface area contributed by atoms with Crippen LogP contribution in [0.15, 0.2) is 0 Å². The molecule has 0 radical (unpaired) electrons. The van der Waals surface area contributed by atoms with Crippen LogP contribution in [-0.2, 0) is 14.3 Å². The van der Waals surface area contributed by atoms with Gasteiger partial charge in [0, 0.05) is 31.4 Å². The van der Waals surface area contributed by atoms with Crippen molar-refractivity contribution in [2.45, 2.75) is 39.7 Å². The van der Waals surface area contributed by atoms with E-state index in [-0.39, 0.29) is 23.8 Å². The summed E-state index contributed by atoms with van der Waals surface area (Å²) in [6.45, 7) is 7.82. The van der Waals surface area contributed by atoms with Crippen LogP contribution in [0.1, 0.15) is 33.6 Å². The largest absolute Gasteiger partial charge is 0.382 e. The maximum absolute atomic E-state index is 12.2. The van der Waals surface area contributed by atoms with Crippen molar-refractivity contribution >= 4 is 23.6 Å². The number of rotatable bonds is 8. The minimum atomic E-state index is -0.311. The molecule has 0 aliphatic carbocycles. The fourth-order valence-corrected chi connectivity index (χ4v) is 3.15. The van der Waals surface area contributed by atoms with E-state index in [1.165, 1.54) is 0 Å². The number of hydrogen-bond acceptors (Lipinski definition) is 4. The van der Waals surface area contributed by atoms with Crippen molar-refractivity contribution in [2.24, 2.45) is 5.92 Å². The molecule has 0 bridgehead atoms. The number of ether oxygens (including phenoxy) is 1. The molecule has 0 saturated carbocycles. The van der Waals surface area contributed by atoms with Gasteiger partial charge in [-0.05, 0) is 19.8 Å². The molecule has 1 heterocycles. The summed E-state index contributed by atoms with van der Waals surface area (Å²) in [5.41, 5.74) is 0. The Morgan fingerprint density at radius 2 is 2.20 bits per heavy atom. The van der Waals surface area contributed by atoms with Crippen LogP contribution in [-0.4, -0.2) is 54.1 Å². The molecule has 2 atom stereocenters. The van der Waals surface area contributed by atoms with Crippen molar-refractivity contribution in [3.63, 3.8) is 0 Å². The van der Waals surface area contributed by atoms with E-state index in [2.05, 4.69) is 5.32 Å². The van der Waals surface area contributed by atoms with Gasteiger partial charge in [-0.15, -0.1) is 11.8 Å². The molecular weight excluding hydrogens is 276 g/mol. The SMILES string of the molecule is CCOCCCNC(=O)C1CSCN1C(=O)C(C)CC. The van der Waals surface area contributed by atoms with Gasteiger partial charge in [-0.3, -0.25) is 9.59 Å². The Morgan fingerprint density at radius 1 is 1.45 bits per heavy atom. The minimum Gasteiger partial charge on any atom is -0.382 e. The second kappa shape index (κ2) is 9.23. The standard InChI is InChI=1S/C14H26N2O3S/c1-4-11(3)14(18)16-10-20-9-12(16)13(17)15-7-6-8-19-5-2/h11-12H,4-10H2,1-3H3,(H,15,17). The summed E-state index contributed by atoms with van der Waals surface area (Å²) >= 11 is 1.64. The Kier molecular flexibility index (Phi) is 7.99. The summed E-state index contributed by atoms with van der Waals surface area (Å²) < 4.78 is 5.23. The number of amides is 2. The first-order valence-corrected chi connectivity index (χ1v) is 8.50. The number of hydrogen-bond donors (Lipinski definition) is 1. The van der Waals surface area contributed by atoms with Crippen LogP contribution in [0.2, 0.25) is 0 Å². The number of carbonyl (C=O) groups is 2. The summed E-state index contributed by atoms with van der Waals surface area (Å²) in [4.78, 5) is 26.1. The summed E-state index contributed by atoms with van der Waals surface area (Å²) in [6, 6.07) is -0.311. The Labute approximate surface area is 125 Å². The first-order valence-electron chi connectivity index (χ1n) is 7.35. The third-order valence-electron chi connectivity index (χ3n) is 3.47. The summed E-state index contributed by atoms with van der Waals surface area (Å²) in [5, 5.41) is 2.90. The molecule has 0 aromatic heterocycles. The highest BCUT2D eigenvalue weighted by molar-refractivity contribution is 7.99. The molecule has 6 heteroatoms. The van der Waals surface area contributed by atoms with Gasteiger partial charge in [0.25, 0.3) is 0 Å². The van der Waals surface area contributed by atoms with Gasteiger partial charge in [-0.25, -0.2) is 0 Å². The van der Waals surface area contributed by atoms with Crippen LogP contribution in [0.25, 0.3) is 0 Å². The van der Waals surface area contributed by atoms with E-state index in [1.807, 2.05) is 20.8 Å². The van der Waals surface area contributed by atoms with Gasteiger partial charge < -0.3 is 15.0 Å². The topological polar surface area (TPSA) is 58.6 Å². The van der Waals surface area contributed by atoms with Crippen LogP contribution in [0.5, 0.6) is 0 Å². The van der Waals surface area contributed by atoms with Gasteiger partial charge in [0.15, 0.2) is 0 Å². The van der Waals surface area contributed by atoms with E-state index in [9.17, 15) is 9.59 Å². The Bertz CT molecular complexity index is 326. The van der Waals surface area contributed by atoms with E-state index in [4.69, 9.17) is 4.74 Å². The predicted octanol–water partition coefficient (Wildman–Crippen LogP) is 1.48. The van der Waals surface area contributed by atoms with Crippen molar-refractivity contribution in [2.75, 3.05) is 31.4 Å². The maximum atomic E-state index is 12.2. The fraction of sp³-hybridized carbons (Fsp3) is 0.857. The molecule has 1 rings (SSSR count). The fourth-order valence-electron chi connectivity index (χ4n) is 1.98. The van der Waals surface area contributed by atoms with Crippen molar-refractivity contribution in [3.05, 3.63) is 0 Å².